The van der Waals surface area contributed by atoms with E-state index < -0.39 is 27.4 Å². The molecule has 0 aliphatic carbocycles. The second kappa shape index (κ2) is 6.21. The van der Waals surface area contributed by atoms with E-state index in [-0.39, 0.29) is 6.61 Å². The number of hydrogen-bond donors (Lipinski definition) is 0. The van der Waals surface area contributed by atoms with Gasteiger partial charge in [0, 0.05) is 0 Å². The van der Waals surface area contributed by atoms with Gasteiger partial charge in [-0.25, -0.2) is 4.79 Å². The molecule has 0 aliphatic rings. The molecule has 0 aromatic carbocycles. The molecule has 14 heavy (non-hydrogen) atoms. The maximum atomic E-state index is 11.0. The van der Waals surface area contributed by atoms with E-state index >= 15 is 0 Å². The molecule has 0 fully saturated rings. The smallest absolute Gasteiger partial charge is 0.336 e. The topological polar surface area (TPSA) is 69.7 Å². The lowest BCUT2D eigenvalue weighted by atomic mass is 10.4. The van der Waals surface area contributed by atoms with E-state index in [9.17, 15) is 13.2 Å². The van der Waals surface area contributed by atoms with Gasteiger partial charge in [0.25, 0.3) is 10.1 Å². The van der Waals surface area contributed by atoms with Crippen molar-refractivity contribution in [2.45, 2.75) is 26.4 Å². The first kappa shape index (κ1) is 13.7. The molecule has 0 aromatic rings. The van der Waals surface area contributed by atoms with E-state index in [0.29, 0.717) is 6.42 Å². The highest BCUT2D eigenvalue weighted by Gasteiger charge is 2.22. The summed E-state index contributed by atoms with van der Waals surface area (Å²) in [5.74, 6) is -0.708. The zero-order chi connectivity index (χ0) is 11.2. The van der Waals surface area contributed by atoms with Crippen molar-refractivity contribution in [2.24, 2.45) is 0 Å². The van der Waals surface area contributed by atoms with Crippen molar-refractivity contribution in [1.29, 1.82) is 0 Å². The first-order valence-electron chi connectivity index (χ1n) is 4.06. The van der Waals surface area contributed by atoms with Crippen molar-refractivity contribution in [1.82, 2.24) is 0 Å². The normalized spacial score (nSPS) is 13.6. The van der Waals surface area contributed by atoms with Crippen molar-refractivity contribution in [3.8, 4) is 0 Å². The van der Waals surface area contributed by atoms with Gasteiger partial charge in [0.1, 0.15) is 5.21 Å². The van der Waals surface area contributed by atoms with Gasteiger partial charge in [-0.1, -0.05) is 6.92 Å². The predicted octanol–water partition coefficient (Wildman–Crippen LogP) is 0.871. The average Bonchev–Trinajstić information content (AvgIpc) is 2.13. The molecule has 1 atom stereocenters. The molecule has 0 bridgehead atoms. The van der Waals surface area contributed by atoms with Crippen molar-refractivity contribution in [3.63, 3.8) is 0 Å². The molecule has 0 saturated heterocycles. The molecule has 0 saturated carbocycles. The number of halogens is 1. The van der Waals surface area contributed by atoms with Crippen molar-refractivity contribution < 1.29 is 22.1 Å². The van der Waals surface area contributed by atoms with Crippen LogP contribution in [0.15, 0.2) is 0 Å². The van der Waals surface area contributed by atoms with Gasteiger partial charge >= 0.3 is 5.97 Å². The van der Waals surface area contributed by atoms with Gasteiger partial charge < -0.3 is 4.74 Å². The number of carbonyl (C=O) groups is 1. The van der Waals surface area contributed by atoms with E-state index in [4.69, 9.17) is 11.6 Å². The minimum atomic E-state index is -3.82. The highest BCUT2D eigenvalue weighted by atomic mass is 35.5. The van der Waals surface area contributed by atoms with E-state index in [1.165, 1.54) is 6.92 Å². The second-order valence-electron chi connectivity index (χ2n) is 2.57. The minimum absolute atomic E-state index is 0.244. The Morgan fingerprint density at radius 1 is 1.50 bits per heavy atom. The van der Waals surface area contributed by atoms with Crippen molar-refractivity contribution in [2.75, 3.05) is 11.8 Å². The van der Waals surface area contributed by atoms with E-state index in [2.05, 4.69) is 8.92 Å². The molecule has 7 heteroatoms. The fourth-order valence-electron chi connectivity index (χ4n) is 0.605. The third kappa shape index (κ3) is 5.41. The number of alkyl halides is 1. The fraction of sp³-hybridized carbons (Fsp3) is 0.857. The van der Waals surface area contributed by atoms with Crippen LogP contribution in [-0.4, -0.2) is 32.3 Å². The molecule has 0 radical (unpaired) electrons. The SMILES string of the molecule is CCCOC(=O)[C@H](C)OS(=O)(=O)CCl. The second-order valence-corrected chi connectivity index (χ2v) is 4.75. The Labute approximate surface area is 88.5 Å². The lowest BCUT2D eigenvalue weighted by molar-refractivity contribution is -0.150. The van der Waals surface area contributed by atoms with Crippen LogP contribution in [0.4, 0.5) is 0 Å². The van der Waals surface area contributed by atoms with Gasteiger partial charge in [0.15, 0.2) is 6.10 Å². The zero-order valence-electron chi connectivity index (χ0n) is 8.03. The predicted molar refractivity (Wildman–Crippen MR) is 51.4 cm³/mol. The summed E-state index contributed by atoms with van der Waals surface area (Å²) < 4.78 is 30.7. The first-order chi connectivity index (χ1) is 6.43. The summed E-state index contributed by atoms with van der Waals surface area (Å²) in [6.07, 6.45) is -0.480. The Kier molecular flexibility index (Phi) is 6.06. The quantitative estimate of drug-likeness (QED) is 0.394. The third-order valence-electron chi connectivity index (χ3n) is 1.20. The number of esters is 1. The summed E-state index contributed by atoms with van der Waals surface area (Å²) >= 11 is 5.08. The lowest BCUT2D eigenvalue weighted by Crippen LogP contribution is -2.27. The number of carbonyl (C=O) groups excluding carboxylic acids is 1. The van der Waals surface area contributed by atoms with Crippen LogP contribution < -0.4 is 0 Å². The van der Waals surface area contributed by atoms with E-state index in [0.717, 1.165) is 0 Å². The molecular weight excluding hydrogens is 232 g/mol. The molecule has 5 nitrogen and oxygen atoms in total. The maximum Gasteiger partial charge on any atom is 0.336 e. The Hall–Kier alpha value is -0.330. The standard InChI is InChI=1S/C7H13ClO5S/c1-3-4-12-7(9)6(2)13-14(10,11)5-8/h6H,3-5H2,1-2H3/t6-/m0/s1. The largest absolute Gasteiger partial charge is 0.464 e. The monoisotopic (exact) mass is 244 g/mol. The van der Waals surface area contributed by atoms with Gasteiger partial charge in [-0.05, 0) is 13.3 Å². The van der Waals surface area contributed by atoms with Crippen molar-refractivity contribution >= 4 is 27.7 Å². The van der Waals surface area contributed by atoms with Crippen LogP contribution in [0.2, 0.25) is 0 Å². The molecule has 0 aromatic heterocycles. The van der Waals surface area contributed by atoms with Gasteiger partial charge in [-0.3, -0.25) is 4.18 Å². The molecule has 0 heterocycles. The summed E-state index contributed by atoms with van der Waals surface area (Å²) in [7, 11) is -3.82. The van der Waals surface area contributed by atoms with Gasteiger partial charge in [0.2, 0.25) is 0 Å². The number of hydrogen-bond acceptors (Lipinski definition) is 5. The Bertz CT molecular complexity index is 274. The fourth-order valence-corrected chi connectivity index (χ4v) is 1.33. The Morgan fingerprint density at radius 3 is 2.50 bits per heavy atom. The summed E-state index contributed by atoms with van der Waals surface area (Å²) in [6, 6.07) is 0. The summed E-state index contributed by atoms with van der Waals surface area (Å²) in [5, 5.41) is -0.682. The van der Waals surface area contributed by atoms with Crippen LogP contribution in [0.25, 0.3) is 0 Å². The van der Waals surface area contributed by atoms with Crippen LogP contribution >= 0.6 is 11.6 Å². The molecule has 0 amide bonds. The van der Waals surface area contributed by atoms with Gasteiger partial charge in [-0.15, -0.1) is 11.6 Å². The zero-order valence-corrected chi connectivity index (χ0v) is 9.60. The summed E-state index contributed by atoms with van der Waals surface area (Å²) in [4.78, 5) is 11.0. The maximum absolute atomic E-state index is 11.0. The van der Waals surface area contributed by atoms with Crippen molar-refractivity contribution in [3.05, 3.63) is 0 Å². The summed E-state index contributed by atoms with van der Waals surface area (Å²) in [5.41, 5.74) is 0. The highest BCUT2D eigenvalue weighted by molar-refractivity contribution is 7.87. The van der Waals surface area contributed by atoms with Crippen LogP contribution in [0.5, 0.6) is 0 Å². The average molecular weight is 245 g/mol. The molecular formula is C7H13ClO5S. The molecule has 0 spiro atoms. The van der Waals surface area contributed by atoms with Gasteiger partial charge in [-0.2, -0.15) is 8.42 Å². The molecule has 84 valence electrons. The molecule has 0 unspecified atom stereocenters. The summed E-state index contributed by atoms with van der Waals surface area (Å²) in [6.45, 7) is 3.36. The van der Waals surface area contributed by atoms with Crippen LogP contribution in [0.1, 0.15) is 20.3 Å². The third-order valence-corrected chi connectivity index (χ3v) is 2.86. The molecule has 0 aliphatic heterocycles. The highest BCUT2D eigenvalue weighted by Crippen LogP contribution is 2.04. The Morgan fingerprint density at radius 2 is 2.07 bits per heavy atom. The number of ether oxygens (including phenoxy) is 1. The lowest BCUT2D eigenvalue weighted by Gasteiger charge is -2.10. The number of rotatable bonds is 6. The molecule has 0 N–H and O–H groups in total. The van der Waals surface area contributed by atoms with Crippen LogP contribution in [0, 0.1) is 0 Å². The van der Waals surface area contributed by atoms with E-state index in [1.54, 1.807) is 0 Å². The van der Waals surface area contributed by atoms with Crippen LogP contribution in [-0.2, 0) is 23.8 Å². The first-order valence-corrected chi connectivity index (χ1v) is 6.17. The van der Waals surface area contributed by atoms with Gasteiger partial charge in [0.05, 0.1) is 6.61 Å². The molecule has 0 rings (SSSR count). The van der Waals surface area contributed by atoms with E-state index in [1.807, 2.05) is 6.92 Å². The van der Waals surface area contributed by atoms with Crippen LogP contribution in [0.3, 0.4) is 0 Å². The Balaban J connectivity index is 4.08. The minimum Gasteiger partial charge on any atom is -0.464 e.